The maximum Gasteiger partial charge on any atom is 0.416 e. The highest BCUT2D eigenvalue weighted by atomic mass is 19.4. The smallest absolute Gasteiger partial charge is 0.352 e. The van der Waals surface area contributed by atoms with Gasteiger partial charge in [0.2, 0.25) is 5.91 Å². The number of nitrogens with one attached hydrogen (secondary N) is 1. The van der Waals surface area contributed by atoms with E-state index >= 15 is 0 Å². The van der Waals surface area contributed by atoms with E-state index in [0.29, 0.717) is 6.42 Å². The summed E-state index contributed by atoms with van der Waals surface area (Å²) in [6.07, 6.45) is -3.75. The molecule has 3 nitrogen and oxygen atoms in total. The largest absolute Gasteiger partial charge is 0.416 e. The van der Waals surface area contributed by atoms with E-state index in [2.05, 4.69) is 5.32 Å². The summed E-state index contributed by atoms with van der Waals surface area (Å²) in [6, 6.07) is 5.20. The Morgan fingerprint density at radius 3 is 2.40 bits per heavy atom. The Morgan fingerprint density at radius 1 is 1.25 bits per heavy atom. The van der Waals surface area contributed by atoms with Gasteiger partial charge in [-0.05, 0) is 31.9 Å². The molecule has 0 aromatic heterocycles. The number of hydrogen-bond donors (Lipinski definition) is 2. The minimum absolute atomic E-state index is 0.0559. The molecule has 0 aliphatic heterocycles. The molecule has 0 fully saturated rings. The molecule has 1 aromatic carbocycles. The third-order valence-corrected chi connectivity index (χ3v) is 2.80. The lowest BCUT2D eigenvalue weighted by Crippen LogP contribution is -2.34. The molecule has 112 valence electrons. The standard InChI is InChI=1S/C14H19F3N2O/c1-13(2,18)8-7-12(20)19-9-10-5-3-4-6-11(10)14(15,16)17/h3-6H,7-9,18H2,1-2H3,(H,19,20). The van der Waals surface area contributed by atoms with Crippen LogP contribution in [-0.2, 0) is 17.5 Å². The first-order chi connectivity index (χ1) is 9.09. The second kappa shape index (κ2) is 6.26. The van der Waals surface area contributed by atoms with Gasteiger partial charge < -0.3 is 11.1 Å². The van der Waals surface area contributed by atoms with E-state index < -0.39 is 17.3 Å². The van der Waals surface area contributed by atoms with Gasteiger partial charge in [0.1, 0.15) is 0 Å². The molecule has 0 unspecified atom stereocenters. The fourth-order valence-corrected chi connectivity index (χ4v) is 1.67. The number of benzene rings is 1. The molecule has 1 rings (SSSR count). The molecule has 0 saturated carbocycles. The summed E-state index contributed by atoms with van der Waals surface area (Å²) < 4.78 is 38.2. The summed E-state index contributed by atoms with van der Waals surface area (Å²) in [5.41, 5.74) is 4.61. The SMILES string of the molecule is CC(C)(N)CCC(=O)NCc1ccccc1C(F)(F)F. The Bertz CT molecular complexity index is 464. The van der Waals surface area contributed by atoms with Crippen molar-refractivity contribution in [1.82, 2.24) is 5.32 Å². The third kappa shape index (κ3) is 5.61. The van der Waals surface area contributed by atoms with Gasteiger partial charge in [0, 0.05) is 18.5 Å². The maximum atomic E-state index is 12.7. The molecule has 0 aliphatic rings. The second-order valence-electron chi connectivity index (χ2n) is 5.42. The zero-order valence-electron chi connectivity index (χ0n) is 11.6. The minimum Gasteiger partial charge on any atom is -0.352 e. The van der Waals surface area contributed by atoms with Gasteiger partial charge in [-0.1, -0.05) is 18.2 Å². The molecule has 0 radical (unpaired) electrons. The Kier molecular flexibility index (Phi) is 5.16. The number of alkyl halides is 3. The van der Waals surface area contributed by atoms with Crippen LogP contribution in [0.4, 0.5) is 13.2 Å². The molecular weight excluding hydrogens is 269 g/mol. The molecule has 0 bridgehead atoms. The van der Waals surface area contributed by atoms with Gasteiger partial charge in [0.15, 0.2) is 0 Å². The van der Waals surface area contributed by atoms with Gasteiger partial charge in [-0.25, -0.2) is 0 Å². The first-order valence-corrected chi connectivity index (χ1v) is 6.30. The number of nitrogens with two attached hydrogens (primary N) is 1. The Labute approximate surface area is 116 Å². The van der Waals surface area contributed by atoms with Crippen molar-refractivity contribution in [2.45, 2.75) is 44.9 Å². The Balaban J connectivity index is 2.60. The van der Waals surface area contributed by atoms with Crippen molar-refractivity contribution < 1.29 is 18.0 Å². The summed E-state index contributed by atoms with van der Waals surface area (Å²) in [6.45, 7) is 3.44. The molecule has 20 heavy (non-hydrogen) atoms. The number of amides is 1. The van der Waals surface area contributed by atoms with E-state index in [4.69, 9.17) is 5.73 Å². The number of carbonyl (C=O) groups excluding carboxylic acids is 1. The third-order valence-electron chi connectivity index (χ3n) is 2.80. The van der Waals surface area contributed by atoms with Crippen molar-refractivity contribution in [3.63, 3.8) is 0 Å². The quantitative estimate of drug-likeness (QED) is 0.875. The number of hydrogen-bond acceptors (Lipinski definition) is 2. The Hall–Kier alpha value is -1.56. The van der Waals surface area contributed by atoms with E-state index in [9.17, 15) is 18.0 Å². The average Bonchev–Trinajstić information content (AvgIpc) is 2.32. The molecule has 0 atom stereocenters. The summed E-state index contributed by atoms with van der Waals surface area (Å²) in [7, 11) is 0. The highest BCUT2D eigenvalue weighted by Crippen LogP contribution is 2.31. The average molecular weight is 288 g/mol. The normalized spacial score (nSPS) is 12.3. The number of carbonyl (C=O) groups is 1. The molecule has 1 amide bonds. The molecule has 0 saturated heterocycles. The van der Waals surface area contributed by atoms with Crippen LogP contribution >= 0.6 is 0 Å². The summed E-state index contributed by atoms with van der Waals surface area (Å²) in [4.78, 5) is 11.6. The lowest BCUT2D eigenvalue weighted by atomic mass is 10.00. The van der Waals surface area contributed by atoms with Crippen molar-refractivity contribution in [3.05, 3.63) is 35.4 Å². The maximum absolute atomic E-state index is 12.7. The number of rotatable bonds is 5. The van der Waals surface area contributed by atoms with Gasteiger partial charge in [0.05, 0.1) is 5.56 Å². The van der Waals surface area contributed by atoms with Crippen LogP contribution in [0.25, 0.3) is 0 Å². The minimum atomic E-state index is -4.42. The molecule has 0 aliphatic carbocycles. The molecule has 0 heterocycles. The van der Waals surface area contributed by atoms with Crippen molar-refractivity contribution in [2.24, 2.45) is 5.73 Å². The van der Waals surface area contributed by atoms with Gasteiger partial charge in [0.25, 0.3) is 0 Å². The molecule has 3 N–H and O–H groups in total. The van der Waals surface area contributed by atoms with E-state index in [1.165, 1.54) is 18.2 Å². The van der Waals surface area contributed by atoms with Crippen LogP contribution < -0.4 is 11.1 Å². The first-order valence-electron chi connectivity index (χ1n) is 6.30. The van der Waals surface area contributed by atoms with Crippen molar-refractivity contribution in [1.29, 1.82) is 0 Å². The summed E-state index contributed by atoms with van der Waals surface area (Å²) in [5, 5.41) is 2.49. The van der Waals surface area contributed by atoms with E-state index in [1.807, 2.05) is 0 Å². The zero-order chi connectivity index (χ0) is 15.4. The fraction of sp³-hybridized carbons (Fsp3) is 0.500. The van der Waals surface area contributed by atoms with E-state index in [-0.39, 0.29) is 24.4 Å². The zero-order valence-corrected chi connectivity index (χ0v) is 11.6. The molecule has 0 spiro atoms. The topological polar surface area (TPSA) is 55.1 Å². The van der Waals surface area contributed by atoms with Crippen molar-refractivity contribution >= 4 is 5.91 Å². The van der Waals surface area contributed by atoms with Crippen LogP contribution in [0.5, 0.6) is 0 Å². The lowest BCUT2D eigenvalue weighted by molar-refractivity contribution is -0.138. The summed E-state index contributed by atoms with van der Waals surface area (Å²) in [5.74, 6) is -0.305. The monoisotopic (exact) mass is 288 g/mol. The Morgan fingerprint density at radius 2 is 1.85 bits per heavy atom. The first kappa shape index (κ1) is 16.5. The second-order valence-corrected chi connectivity index (χ2v) is 5.42. The van der Waals surface area contributed by atoms with Gasteiger partial charge in [-0.15, -0.1) is 0 Å². The fourth-order valence-electron chi connectivity index (χ4n) is 1.67. The van der Waals surface area contributed by atoms with Crippen LogP contribution in [0, 0.1) is 0 Å². The van der Waals surface area contributed by atoms with Crippen molar-refractivity contribution in [3.8, 4) is 0 Å². The molecular formula is C14H19F3N2O. The van der Waals surface area contributed by atoms with E-state index in [0.717, 1.165) is 6.07 Å². The van der Waals surface area contributed by atoms with Crippen LogP contribution in [0.1, 0.15) is 37.8 Å². The predicted octanol–water partition coefficient (Wildman–Crippen LogP) is 2.84. The number of halogens is 3. The van der Waals surface area contributed by atoms with Gasteiger partial charge in [-0.3, -0.25) is 4.79 Å². The summed E-state index contributed by atoms with van der Waals surface area (Å²) >= 11 is 0. The lowest BCUT2D eigenvalue weighted by Gasteiger charge is -2.18. The predicted molar refractivity (Wildman–Crippen MR) is 70.8 cm³/mol. The highest BCUT2D eigenvalue weighted by molar-refractivity contribution is 5.76. The van der Waals surface area contributed by atoms with Crippen LogP contribution in [-0.4, -0.2) is 11.4 Å². The molecule has 1 aromatic rings. The van der Waals surface area contributed by atoms with Crippen molar-refractivity contribution in [2.75, 3.05) is 0 Å². The highest BCUT2D eigenvalue weighted by Gasteiger charge is 2.32. The van der Waals surface area contributed by atoms with E-state index in [1.54, 1.807) is 13.8 Å². The van der Waals surface area contributed by atoms with Crippen LogP contribution in [0.15, 0.2) is 24.3 Å². The van der Waals surface area contributed by atoms with Crippen LogP contribution in [0.2, 0.25) is 0 Å². The van der Waals surface area contributed by atoms with Crippen LogP contribution in [0.3, 0.4) is 0 Å². The van der Waals surface area contributed by atoms with Gasteiger partial charge >= 0.3 is 6.18 Å². The molecule has 6 heteroatoms. The van der Waals surface area contributed by atoms with Gasteiger partial charge in [-0.2, -0.15) is 13.2 Å².